The maximum atomic E-state index is 13.4. The quantitative estimate of drug-likeness (QED) is 0.413. The Kier molecular flexibility index (Phi) is 4.28. The van der Waals surface area contributed by atoms with Crippen LogP contribution in [-0.4, -0.2) is 31.9 Å². The molecule has 0 aliphatic carbocycles. The minimum absolute atomic E-state index is 0.0986. The second-order valence-electron chi connectivity index (χ2n) is 8.37. The monoisotopic (exact) mass is 418 g/mol. The van der Waals surface area contributed by atoms with Crippen LogP contribution in [0.5, 0.6) is 0 Å². The van der Waals surface area contributed by atoms with E-state index in [1.165, 1.54) is 0 Å². The van der Waals surface area contributed by atoms with E-state index in [2.05, 4.69) is 41.4 Å². The van der Waals surface area contributed by atoms with Crippen LogP contribution in [0.25, 0.3) is 33.1 Å². The van der Waals surface area contributed by atoms with Crippen molar-refractivity contribution in [3.8, 4) is 11.1 Å². The highest BCUT2D eigenvalue weighted by molar-refractivity contribution is 6.05. The molecule has 0 bridgehead atoms. The molecule has 0 radical (unpaired) electrons. The maximum absolute atomic E-state index is 13.4. The normalized spacial score (nSPS) is 13.3. The van der Waals surface area contributed by atoms with Crippen molar-refractivity contribution in [1.82, 2.24) is 19.4 Å². The Morgan fingerprint density at radius 2 is 1.84 bits per heavy atom. The number of fused-ring (bicyclic) bond motifs is 3. The van der Waals surface area contributed by atoms with E-state index in [1.54, 1.807) is 0 Å². The van der Waals surface area contributed by atoms with Gasteiger partial charge in [-0.05, 0) is 41.0 Å². The van der Waals surface area contributed by atoms with Crippen LogP contribution >= 0.6 is 0 Å². The number of hydrogen-bond donors (Lipinski definition) is 0. The molecule has 0 fully saturated rings. The van der Waals surface area contributed by atoms with Crippen LogP contribution in [0.2, 0.25) is 0 Å². The van der Waals surface area contributed by atoms with Gasteiger partial charge >= 0.3 is 0 Å². The van der Waals surface area contributed by atoms with Gasteiger partial charge in [-0.1, -0.05) is 48.5 Å². The molecule has 0 atom stereocenters. The number of carbonyl (C=O) groups excluding carboxylic acids is 1. The highest BCUT2D eigenvalue weighted by atomic mass is 16.2. The average Bonchev–Trinajstić information content (AvgIpc) is 3.36. The highest BCUT2D eigenvalue weighted by Crippen LogP contribution is 2.34. The zero-order valence-electron chi connectivity index (χ0n) is 17.8. The lowest BCUT2D eigenvalue weighted by Crippen LogP contribution is -2.26. The number of rotatable bonds is 4. The Hall–Kier alpha value is -3.99. The van der Waals surface area contributed by atoms with Gasteiger partial charge in [0, 0.05) is 37.6 Å². The number of nitrogens with zero attached hydrogens (tertiary/aromatic N) is 4. The Morgan fingerprint density at radius 1 is 0.938 bits per heavy atom. The molecular formula is C27H22N4O. The van der Waals surface area contributed by atoms with E-state index in [1.807, 2.05) is 59.2 Å². The lowest BCUT2D eigenvalue weighted by molar-refractivity contribution is 0.0780. The van der Waals surface area contributed by atoms with Crippen LogP contribution in [-0.2, 0) is 20.0 Å². The molecule has 1 amide bonds. The van der Waals surface area contributed by atoms with Crippen molar-refractivity contribution in [2.24, 2.45) is 7.05 Å². The zero-order valence-corrected chi connectivity index (χ0v) is 17.8. The molecule has 1 aliphatic heterocycles. The first-order valence-corrected chi connectivity index (χ1v) is 10.8. The number of benzene rings is 3. The molecule has 0 saturated carbocycles. The van der Waals surface area contributed by atoms with E-state index in [9.17, 15) is 4.79 Å². The number of para-hydroxylation sites is 1. The summed E-state index contributed by atoms with van der Waals surface area (Å²) in [5, 5.41) is 1.14. The Morgan fingerprint density at radius 3 is 2.78 bits per heavy atom. The summed E-state index contributed by atoms with van der Waals surface area (Å²) in [5.74, 6) is 0.0986. The number of imidazole rings is 1. The van der Waals surface area contributed by atoms with Gasteiger partial charge in [0.15, 0.2) is 0 Å². The van der Waals surface area contributed by atoms with Gasteiger partial charge in [-0.25, -0.2) is 4.98 Å². The molecule has 5 heteroatoms. The van der Waals surface area contributed by atoms with Crippen LogP contribution in [0.3, 0.4) is 0 Å². The first-order valence-electron chi connectivity index (χ1n) is 10.8. The van der Waals surface area contributed by atoms with Crippen molar-refractivity contribution in [2.75, 3.05) is 6.54 Å². The average molecular weight is 419 g/mol. The predicted octanol–water partition coefficient (Wildman–Crippen LogP) is 4.99. The van der Waals surface area contributed by atoms with E-state index < -0.39 is 0 Å². The van der Waals surface area contributed by atoms with Crippen LogP contribution < -0.4 is 0 Å². The van der Waals surface area contributed by atoms with E-state index in [0.717, 1.165) is 56.3 Å². The molecule has 0 saturated heterocycles. The second kappa shape index (κ2) is 7.31. The Balaban J connectivity index is 1.28. The third kappa shape index (κ3) is 3.05. The molecule has 1 aliphatic rings. The van der Waals surface area contributed by atoms with Gasteiger partial charge in [0.25, 0.3) is 5.91 Å². The van der Waals surface area contributed by atoms with Gasteiger partial charge in [-0.3, -0.25) is 9.78 Å². The van der Waals surface area contributed by atoms with Crippen molar-refractivity contribution in [3.63, 3.8) is 0 Å². The van der Waals surface area contributed by atoms with Gasteiger partial charge in [0.2, 0.25) is 0 Å². The lowest BCUT2D eigenvalue weighted by atomic mass is 9.96. The van der Waals surface area contributed by atoms with Gasteiger partial charge in [-0.2, -0.15) is 0 Å². The first kappa shape index (κ1) is 18.8. The molecule has 3 aromatic carbocycles. The molecule has 32 heavy (non-hydrogen) atoms. The first-order chi connectivity index (χ1) is 15.7. The summed E-state index contributed by atoms with van der Waals surface area (Å²) < 4.78 is 2.01. The van der Waals surface area contributed by atoms with Crippen molar-refractivity contribution in [2.45, 2.75) is 13.0 Å². The van der Waals surface area contributed by atoms with Gasteiger partial charge < -0.3 is 9.47 Å². The maximum Gasteiger partial charge on any atom is 0.255 e. The van der Waals surface area contributed by atoms with E-state index in [-0.39, 0.29) is 5.91 Å². The summed E-state index contributed by atoms with van der Waals surface area (Å²) in [4.78, 5) is 24.5. The number of pyridine rings is 1. The minimum atomic E-state index is 0.0986. The molecule has 6 rings (SSSR count). The molecule has 0 N–H and O–H groups in total. The number of amides is 1. The number of hydrogen-bond acceptors (Lipinski definition) is 3. The number of carbonyl (C=O) groups is 1. The number of aryl methyl sites for hydroxylation is 1. The Labute approximate surface area is 186 Å². The molecule has 0 unspecified atom stereocenters. The van der Waals surface area contributed by atoms with Gasteiger partial charge in [0.05, 0.1) is 28.4 Å². The van der Waals surface area contributed by atoms with E-state index in [4.69, 9.17) is 4.98 Å². The van der Waals surface area contributed by atoms with Crippen LogP contribution in [0, 0.1) is 0 Å². The minimum Gasteiger partial charge on any atom is -0.334 e. The fourth-order valence-electron chi connectivity index (χ4n) is 4.63. The lowest BCUT2D eigenvalue weighted by Gasteiger charge is -2.15. The van der Waals surface area contributed by atoms with Crippen LogP contribution in [0.15, 0.2) is 79.1 Å². The summed E-state index contributed by atoms with van der Waals surface area (Å²) in [6, 6.07) is 24.6. The van der Waals surface area contributed by atoms with Crippen molar-refractivity contribution >= 4 is 27.8 Å². The van der Waals surface area contributed by atoms with E-state index >= 15 is 0 Å². The SMILES string of the molecule is Cn1cnc2ccc(-c3cccc4c3C(=O)N(CCc3ccc5ccccc5n3)C4)cc21. The fourth-order valence-corrected chi connectivity index (χ4v) is 4.63. The predicted molar refractivity (Wildman–Crippen MR) is 126 cm³/mol. The fraction of sp³-hybridized carbons (Fsp3) is 0.148. The van der Waals surface area contributed by atoms with E-state index in [0.29, 0.717) is 13.1 Å². The molecule has 0 spiro atoms. The summed E-state index contributed by atoms with van der Waals surface area (Å²) in [7, 11) is 1.99. The standard InChI is InChI=1S/C27H22N4O/c1-30-17-28-24-12-10-19(15-25(24)30)22-7-4-6-20-16-31(27(32)26(20)22)14-13-21-11-9-18-5-2-3-8-23(18)29-21/h2-12,15,17H,13-14,16H2,1H3. The van der Waals surface area contributed by atoms with Gasteiger partial charge in [0.1, 0.15) is 0 Å². The zero-order chi connectivity index (χ0) is 21.7. The molecule has 3 heterocycles. The summed E-state index contributed by atoms with van der Waals surface area (Å²) in [5.41, 5.74) is 7.96. The van der Waals surface area contributed by atoms with Crippen molar-refractivity contribution in [3.05, 3.63) is 95.9 Å². The highest BCUT2D eigenvalue weighted by Gasteiger charge is 2.30. The topological polar surface area (TPSA) is 51.0 Å². The van der Waals surface area contributed by atoms with Crippen molar-refractivity contribution < 1.29 is 4.79 Å². The third-order valence-electron chi connectivity index (χ3n) is 6.34. The third-order valence-corrected chi connectivity index (χ3v) is 6.34. The smallest absolute Gasteiger partial charge is 0.255 e. The molecule has 2 aromatic heterocycles. The van der Waals surface area contributed by atoms with Gasteiger partial charge in [-0.15, -0.1) is 0 Å². The second-order valence-corrected chi connectivity index (χ2v) is 8.37. The molecule has 5 nitrogen and oxygen atoms in total. The Bertz CT molecular complexity index is 1500. The summed E-state index contributed by atoms with van der Waals surface area (Å²) in [6.07, 6.45) is 2.55. The van der Waals surface area contributed by atoms with Crippen LogP contribution in [0.4, 0.5) is 0 Å². The summed E-state index contributed by atoms with van der Waals surface area (Å²) >= 11 is 0. The molecule has 156 valence electrons. The van der Waals surface area contributed by atoms with Crippen molar-refractivity contribution in [1.29, 1.82) is 0 Å². The largest absolute Gasteiger partial charge is 0.334 e. The van der Waals surface area contributed by atoms with Crippen LogP contribution in [0.1, 0.15) is 21.6 Å². The molecule has 5 aromatic rings. The summed E-state index contributed by atoms with van der Waals surface area (Å²) in [6.45, 7) is 1.29. The molecular weight excluding hydrogens is 396 g/mol. The number of aromatic nitrogens is 3.